The molecule has 7 nitrogen and oxygen atoms in total. The molecule has 0 aliphatic rings. The van der Waals surface area contributed by atoms with Crippen molar-refractivity contribution in [2.45, 2.75) is 4.21 Å². The van der Waals surface area contributed by atoms with Gasteiger partial charge in [0, 0.05) is 12.4 Å². The third-order valence-electron chi connectivity index (χ3n) is 1.82. The number of carboxylic acid groups (broad SMARTS) is 1. The van der Waals surface area contributed by atoms with E-state index in [0.717, 1.165) is 22.3 Å². The lowest BCUT2D eigenvalue weighted by Crippen LogP contribution is -2.31. The van der Waals surface area contributed by atoms with Gasteiger partial charge in [0.05, 0.1) is 5.56 Å². The summed E-state index contributed by atoms with van der Waals surface area (Å²) in [5, 5.41) is 14.7. The Morgan fingerprint density at radius 2 is 2.12 bits per heavy atom. The van der Waals surface area contributed by atoms with E-state index in [4.69, 9.17) is 10.2 Å². The first-order chi connectivity index (χ1) is 7.71. The van der Waals surface area contributed by atoms with Gasteiger partial charge in [0.25, 0.3) is 5.91 Å². The number of aliphatic carboxylic acids is 1. The minimum absolute atomic E-state index is 0.0998. The predicted octanol–water partition coefficient (Wildman–Crippen LogP) is -0.448. The summed E-state index contributed by atoms with van der Waals surface area (Å²) < 4.78 is 21.8. The second kappa shape index (κ2) is 4.82. The van der Waals surface area contributed by atoms with E-state index in [1.807, 2.05) is 0 Å². The highest BCUT2D eigenvalue weighted by Gasteiger charge is 2.19. The van der Waals surface area contributed by atoms with Crippen molar-refractivity contribution in [3.05, 3.63) is 17.0 Å². The van der Waals surface area contributed by atoms with Gasteiger partial charge in [-0.1, -0.05) is 0 Å². The zero-order valence-corrected chi connectivity index (χ0v) is 10.4. The minimum Gasteiger partial charge on any atom is -0.480 e. The zero-order chi connectivity index (χ0) is 13.2. The zero-order valence-electron chi connectivity index (χ0n) is 8.78. The van der Waals surface area contributed by atoms with E-state index in [1.165, 1.54) is 12.4 Å². The molecule has 0 spiro atoms. The Balaban J connectivity index is 2.91. The first kappa shape index (κ1) is 13.6. The number of thiophene rings is 1. The predicted molar refractivity (Wildman–Crippen MR) is 60.3 cm³/mol. The maximum absolute atomic E-state index is 11.7. The molecular formula is C8H10N2O5S2. The molecule has 1 amide bonds. The van der Waals surface area contributed by atoms with E-state index in [1.54, 1.807) is 0 Å². The van der Waals surface area contributed by atoms with Crippen LogP contribution in [0.3, 0.4) is 0 Å². The lowest BCUT2D eigenvalue weighted by molar-refractivity contribution is -0.137. The number of hydrogen-bond donors (Lipinski definition) is 2. The van der Waals surface area contributed by atoms with Gasteiger partial charge in [-0.3, -0.25) is 9.59 Å². The summed E-state index contributed by atoms with van der Waals surface area (Å²) in [5.41, 5.74) is 0.0998. The average Bonchev–Trinajstić information content (AvgIpc) is 2.63. The highest BCUT2D eigenvalue weighted by molar-refractivity contribution is 7.91. The second-order valence-electron chi connectivity index (χ2n) is 3.25. The van der Waals surface area contributed by atoms with Crippen LogP contribution >= 0.6 is 11.3 Å². The SMILES string of the molecule is CN(CC(=O)O)C(=O)c1csc(S(N)(=O)=O)c1. The molecule has 1 heterocycles. The van der Waals surface area contributed by atoms with Crippen LogP contribution in [-0.4, -0.2) is 43.9 Å². The maximum Gasteiger partial charge on any atom is 0.323 e. The van der Waals surface area contributed by atoms with Crippen LogP contribution in [0.15, 0.2) is 15.7 Å². The molecule has 0 aliphatic heterocycles. The number of primary sulfonamides is 1. The average molecular weight is 278 g/mol. The molecule has 0 saturated carbocycles. The van der Waals surface area contributed by atoms with Crippen LogP contribution < -0.4 is 5.14 Å². The molecule has 0 bridgehead atoms. The summed E-state index contributed by atoms with van der Waals surface area (Å²) in [6, 6.07) is 1.13. The van der Waals surface area contributed by atoms with Gasteiger partial charge in [-0.05, 0) is 6.07 Å². The molecule has 0 fully saturated rings. The first-order valence-corrected chi connectivity index (χ1v) is 6.73. The molecule has 1 aromatic heterocycles. The van der Waals surface area contributed by atoms with Crippen LogP contribution in [-0.2, 0) is 14.8 Å². The molecule has 9 heteroatoms. The number of amides is 1. The number of sulfonamides is 1. The van der Waals surface area contributed by atoms with Crippen molar-refractivity contribution in [3.63, 3.8) is 0 Å². The number of rotatable bonds is 4. The Labute approximate surface area is 102 Å². The molecule has 3 N–H and O–H groups in total. The molecule has 0 aromatic carbocycles. The summed E-state index contributed by atoms with van der Waals surface area (Å²) in [6.45, 7) is -0.459. The lowest BCUT2D eigenvalue weighted by Gasteiger charge is -2.12. The van der Waals surface area contributed by atoms with Crippen LogP contribution in [0.25, 0.3) is 0 Å². The molecule has 17 heavy (non-hydrogen) atoms. The van der Waals surface area contributed by atoms with Crippen LogP contribution in [0.1, 0.15) is 10.4 Å². The molecule has 0 aliphatic carbocycles. The maximum atomic E-state index is 11.7. The number of likely N-dealkylation sites (N-methyl/N-ethyl adjacent to an activating group) is 1. The Hall–Kier alpha value is -1.45. The van der Waals surface area contributed by atoms with Crippen LogP contribution in [0.5, 0.6) is 0 Å². The molecule has 1 aromatic rings. The molecule has 0 radical (unpaired) electrons. The molecule has 0 atom stereocenters. The van der Waals surface area contributed by atoms with E-state index >= 15 is 0 Å². The van der Waals surface area contributed by atoms with Crippen molar-refractivity contribution in [2.24, 2.45) is 5.14 Å². The standard InChI is InChI=1S/C8H10N2O5S2/c1-10(3-6(11)12)8(13)5-2-7(16-4-5)17(9,14)15/h2,4H,3H2,1H3,(H,11,12)(H2,9,14,15). The fourth-order valence-electron chi connectivity index (χ4n) is 1.07. The smallest absolute Gasteiger partial charge is 0.323 e. The summed E-state index contributed by atoms with van der Waals surface area (Å²) in [7, 11) is -2.52. The molecular weight excluding hydrogens is 268 g/mol. The van der Waals surface area contributed by atoms with Gasteiger partial charge in [-0.15, -0.1) is 11.3 Å². The third-order valence-corrected chi connectivity index (χ3v) is 4.21. The van der Waals surface area contributed by atoms with Crippen LogP contribution in [0, 0.1) is 0 Å². The van der Waals surface area contributed by atoms with Crippen molar-refractivity contribution < 1.29 is 23.1 Å². The Bertz CT molecular complexity index is 548. The summed E-state index contributed by atoms with van der Waals surface area (Å²) in [5.74, 6) is -1.72. The number of nitrogens with zero attached hydrogens (tertiary/aromatic N) is 1. The topological polar surface area (TPSA) is 118 Å². The molecule has 0 unspecified atom stereocenters. The quantitative estimate of drug-likeness (QED) is 0.773. The van der Waals surface area contributed by atoms with Crippen LogP contribution in [0.4, 0.5) is 0 Å². The lowest BCUT2D eigenvalue weighted by atomic mass is 10.3. The second-order valence-corrected chi connectivity index (χ2v) is 5.95. The van der Waals surface area contributed by atoms with Gasteiger partial charge in [-0.25, -0.2) is 13.6 Å². The van der Waals surface area contributed by atoms with Gasteiger partial charge in [0.2, 0.25) is 10.0 Å². The highest BCUT2D eigenvalue weighted by Crippen LogP contribution is 2.19. The van der Waals surface area contributed by atoms with Gasteiger partial charge < -0.3 is 10.0 Å². The van der Waals surface area contributed by atoms with Crippen molar-refractivity contribution in [3.8, 4) is 0 Å². The van der Waals surface area contributed by atoms with Crippen molar-refractivity contribution >= 4 is 33.2 Å². The fraction of sp³-hybridized carbons (Fsp3) is 0.250. The number of carbonyl (C=O) groups is 2. The van der Waals surface area contributed by atoms with Gasteiger partial charge in [0.1, 0.15) is 10.8 Å². The largest absolute Gasteiger partial charge is 0.480 e. The highest BCUT2D eigenvalue weighted by atomic mass is 32.2. The number of carboxylic acids is 1. The van der Waals surface area contributed by atoms with Crippen LogP contribution in [0.2, 0.25) is 0 Å². The van der Waals surface area contributed by atoms with Crippen molar-refractivity contribution in [1.82, 2.24) is 4.90 Å². The molecule has 0 saturated heterocycles. The van der Waals surface area contributed by atoms with E-state index in [2.05, 4.69) is 0 Å². The summed E-state index contributed by atoms with van der Waals surface area (Å²) in [4.78, 5) is 23.0. The molecule has 1 rings (SSSR count). The fourth-order valence-corrected chi connectivity index (χ4v) is 2.65. The molecule has 94 valence electrons. The van der Waals surface area contributed by atoms with Crippen molar-refractivity contribution in [1.29, 1.82) is 0 Å². The Morgan fingerprint density at radius 3 is 2.53 bits per heavy atom. The van der Waals surface area contributed by atoms with E-state index in [-0.39, 0.29) is 9.77 Å². The number of nitrogens with two attached hydrogens (primary N) is 1. The van der Waals surface area contributed by atoms with E-state index in [9.17, 15) is 18.0 Å². The minimum atomic E-state index is -3.83. The summed E-state index contributed by atoms with van der Waals surface area (Å²) in [6.07, 6.45) is 0. The first-order valence-electron chi connectivity index (χ1n) is 4.30. The van der Waals surface area contributed by atoms with Gasteiger partial charge in [0.15, 0.2) is 0 Å². The number of carbonyl (C=O) groups excluding carboxylic acids is 1. The van der Waals surface area contributed by atoms with Crippen molar-refractivity contribution in [2.75, 3.05) is 13.6 Å². The monoisotopic (exact) mass is 278 g/mol. The van der Waals surface area contributed by atoms with E-state index in [0.29, 0.717) is 0 Å². The third kappa shape index (κ3) is 3.51. The Morgan fingerprint density at radius 1 is 1.53 bits per heavy atom. The van der Waals surface area contributed by atoms with E-state index < -0.39 is 28.4 Å². The van der Waals surface area contributed by atoms with Gasteiger partial charge >= 0.3 is 5.97 Å². The van der Waals surface area contributed by atoms with Gasteiger partial charge in [-0.2, -0.15) is 0 Å². The Kier molecular flexibility index (Phi) is 3.86. The normalized spacial score (nSPS) is 11.2. The summed E-state index contributed by atoms with van der Waals surface area (Å²) >= 11 is 0.813. The number of hydrogen-bond acceptors (Lipinski definition) is 5.